The first-order valence-corrected chi connectivity index (χ1v) is 10.0. The maximum absolute atomic E-state index is 13.0. The molecule has 0 amide bonds. The lowest BCUT2D eigenvalue weighted by molar-refractivity contribution is -0.141. The van der Waals surface area contributed by atoms with E-state index in [4.69, 9.17) is 4.98 Å². The van der Waals surface area contributed by atoms with Crippen LogP contribution in [0, 0.1) is 0 Å². The number of fused-ring (bicyclic) bond motifs is 1. The minimum absolute atomic E-state index is 0.0456. The highest BCUT2D eigenvalue weighted by Crippen LogP contribution is 2.32. The Morgan fingerprint density at radius 2 is 2.06 bits per heavy atom. The average Bonchev–Trinajstić information content (AvgIpc) is 2.75. The quantitative estimate of drug-likeness (QED) is 0.681. The zero-order valence-corrected chi connectivity index (χ0v) is 16.9. The van der Waals surface area contributed by atoms with Crippen molar-refractivity contribution < 1.29 is 18.3 Å². The summed E-state index contributed by atoms with van der Waals surface area (Å²) in [6.07, 6.45) is -0.163. The second-order valence-electron chi connectivity index (χ2n) is 7.79. The summed E-state index contributed by atoms with van der Waals surface area (Å²) in [5.74, 6) is 0.0456. The van der Waals surface area contributed by atoms with Crippen LogP contribution in [0.4, 0.5) is 13.2 Å². The van der Waals surface area contributed by atoms with Gasteiger partial charge in [-0.15, -0.1) is 0 Å². The van der Waals surface area contributed by atoms with Crippen molar-refractivity contribution in [2.75, 3.05) is 26.7 Å². The number of aliphatic hydroxyl groups excluding tert-OH is 1. The average molecular weight is 433 g/mol. The minimum Gasteiger partial charge on any atom is -0.395 e. The third-order valence-electron chi connectivity index (χ3n) is 5.54. The van der Waals surface area contributed by atoms with Crippen LogP contribution in [0.1, 0.15) is 30.1 Å². The van der Waals surface area contributed by atoms with Gasteiger partial charge in [0.25, 0.3) is 5.56 Å². The second kappa shape index (κ2) is 8.35. The summed E-state index contributed by atoms with van der Waals surface area (Å²) >= 11 is 0. The number of aliphatic hydroxyl groups is 1. The van der Waals surface area contributed by atoms with Crippen molar-refractivity contribution in [2.45, 2.75) is 31.5 Å². The highest BCUT2D eigenvalue weighted by atomic mass is 19.4. The number of pyridine rings is 2. The van der Waals surface area contributed by atoms with Crippen molar-refractivity contribution in [3.63, 3.8) is 0 Å². The van der Waals surface area contributed by atoms with Crippen molar-refractivity contribution in [1.29, 1.82) is 0 Å². The molecule has 31 heavy (non-hydrogen) atoms. The monoisotopic (exact) mass is 433 g/mol. The van der Waals surface area contributed by atoms with E-state index in [0.29, 0.717) is 27.9 Å². The van der Waals surface area contributed by atoms with Crippen LogP contribution in [0.5, 0.6) is 0 Å². The molecule has 0 aliphatic carbocycles. The first-order chi connectivity index (χ1) is 14.8. The van der Waals surface area contributed by atoms with Gasteiger partial charge in [-0.2, -0.15) is 13.2 Å². The molecular formula is C21H22F3N5O2. The molecule has 1 unspecified atom stereocenters. The normalized spacial score (nSPS) is 17.9. The molecule has 0 bridgehead atoms. The number of hydrogen-bond acceptors (Lipinski definition) is 6. The van der Waals surface area contributed by atoms with Crippen LogP contribution >= 0.6 is 0 Å². The summed E-state index contributed by atoms with van der Waals surface area (Å²) in [5.41, 5.74) is 0.594. The molecule has 1 fully saturated rings. The van der Waals surface area contributed by atoms with Crippen LogP contribution in [-0.2, 0) is 12.7 Å². The second-order valence-corrected chi connectivity index (χ2v) is 7.79. The Bertz CT molecular complexity index is 1140. The third-order valence-corrected chi connectivity index (χ3v) is 5.54. The molecule has 1 saturated heterocycles. The van der Waals surface area contributed by atoms with E-state index < -0.39 is 11.9 Å². The van der Waals surface area contributed by atoms with Gasteiger partial charge in [0.2, 0.25) is 0 Å². The molecule has 0 aromatic carbocycles. The number of hydrogen-bond donors (Lipinski definition) is 1. The van der Waals surface area contributed by atoms with E-state index in [1.54, 1.807) is 6.07 Å². The molecule has 1 N–H and O–H groups in total. The predicted octanol–water partition coefficient (Wildman–Crippen LogP) is 2.67. The van der Waals surface area contributed by atoms with Gasteiger partial charge < -0.3 is 10.0 Å². The number of likely N-dealkylation sites (N-methyl/N-ethyl adjacent to an activating group) is 1. The van der Waals surface area contributed by atoms with E-state index in [1.807, 2.05) is 7.05 Å². The summed E-state index contributed by atoms with van der Waals surface area (Å²) in [6, 6.07) is 3.75. The largest absolute Gasteiger partial charge is 0.433 e. The Morgan fingerprint density at radius 3 is 2.71 bits per heavy atom. The van der Waals surface area contributed by atoms with Crippen molar-refractivity contribution in [3.05, 3.63) is 52.5 Å². The number of aromatic nitrogens is 4. The molecule has 0 spiro atoms. The van der Waals surface area contributed by atoms with Crippen LogP contribution < -0.4 is 5.56 Å². The topological polar surface area (TPSA) is 84.1 Å². The number of likely N-dealkylation sites (tertiary alicyclic amines) is 1. The Labute approximate surface area is 176 Å². The van der Waals surface area contributed by atoms with E-state index in [9.17, 15) is 23.1 Å². The summed E-state index contributed by atoms with van der Waals surface area (Å²) < 4.78 is 40.0. The fraction of sp³-hybridized carbons (Fsp3) is 0.429. The van der Waals surface area contributed by atoms with Crippen molar-refractivity contribution in [1.82, 2.24) is 24.4 Å². The molecule has 0 saturated carbocycles. The van der Waals surface area contributed by atoms with E-state index in [0.717, 1.165) is 38.2 Å². The van der Waals surface area contributed by atoms with Crippen LogP contribution in [0.2, 0.25) is 0 Å². The summed E-state index contributed by atoms with van der Waals surface area (Å²) in [5, 5.41) is 9.55. The van der Waals surface area contributed by atoms with Crippen LogP contribution in [0.15, 0.2) is 35.5 Å². The number of alkyl halides is 3. The maximum atomic E-state index is 13.0. The standard InChI is InChI=1S/C21H22F3N5O2/c1-28-6-2-3-14(11-28)18-19-15(20(31)29(7-8-30)12-26-19)9-16(27-18)13-4-5-17(25-10-13)21(22,23)24/h4-5,9-10,12,14,30H,2-3,6-8,11H2,1H3. The molecule has 3 aromatic rings. The predicted molar refractivity (Wildman–Crippen MR) is 109 cm³/mol. The Balaban J connectivity index is 1.89. The van der Waals surface area contributed by atoms with Gasteiger partial charge in [-0.05, 0) is 44.6 Å². The zero-order valence-electron chi connectivity index (χ0n) is 16.9. The maximum Gasteiger partial charge on any atom is 0.433 e. The van der Waals surface area contributed by atoms with Gasteiger partial charge in [-0.1, -0.05) is 0 Å². The van der Waals surface area contributed by atoms with Gasteiger partial charge in [0.05, 0.1) is 41.8 Å². The first kappa shape index (κ1) is 21.4. The number of piperidine rings is 1. The molecule has 4 heterocycles. The molecule has 164 valence electrons. The van der Waals surface area contributed by atoms with Crippen molar-refractivity contribution in [3.8, 4) is 11.3 Å². The van der Waals surface area contributed by atoms with Crippen molar-refractivity contribution in [2.24, 2.45) is 0 Å². The van der Waals surface area contributed by atoms with Gasteiger partial charge in [0, 0.05) is 24.2 Å². The minimum atomic E-state index is -4.53. The van der Waals surface area contributed by atoms with Crippen LogP contribution in [0.25, 0.3) is 22.2 Å². The Morgan fingerprint density at radius 1 is 1.26 bits per heavy atom. The molecule has 3 aromatic heterocycles. The number of rotatable bonds is 4. The van der Waals surface area contributed by atoms with Gasteiger partial charge in [0.1, 0.15) is 5.69 Å². The lowest BCUT2D eigenvalue weighted by Crippen LogP contribution is -2.32. The lowest BCUT2D eigenvalue weighted by Gasteiger charge is -2.29. The zero-order chi connectivity index (χ0) is 22.2. The van der Waals surface area contributed by atoms with E-state index in [2.05, 4.69) is 14.9 Å². The highest BCUT2D eigenvalue weighted by molar-refractivity contribution is 5.84. The Kier molecular flexibility index (Phi) is 5.76. The van der Waals surface area contributed by atoms with E-state index >= 15 is 0 Å². The SMILES string of the molecule is CN1CCCC(c2nc(-c3ccc(C(F)(F)F)nc3)cc3c(=O)n(CCO)cnc23)C1. The van der Waals surface area contributed by atoms with E-state index in [-0.39, 0.29) is 24.6 Å². The molecular weight excluding hydrogens is 411 g/mol. The fourth-order valence-corrected chi connectivity index (χ4v) is 3.99. The number of nitrogens with zero attached hydrogens (tertiary/aromatic N) is 5. The van der Waals surface area contributed by atoms with Crippen molar-refractivity contribution >= 4 is 10.9 Å². The molecule has 1 atom stereocenters. The lowest BCUT2D eigenvalue weighted by atomic mass is 9.92. The molecule has 7 nitrogen and oxygen atoms in total. The summed E-state index contributed by atoms with van der Waals surface area (Å²) in [7, 11) is 2.01. The fourth-order valence-electron chi connectivity index (χ4n) is 3.99. The van der Waals surface area contributed by atoms with Gasteiger partial charge >= 0.3 is 6.18 Å². The molecule has 1 aliphatic heterocycles. The van der Waals surface area contributed by atoms with Gasteiger partial charge in [0.15, 0.2) is 0 Å². The van der Waals surface area contributed by atoms with Gasteiger partial charge in [-0.25, -0.2) is 4.98 Å². The smallest absolute Gasteiger partial charge is 0.395 e. The molecule has 10 heteroatoms. The Hall–Kier alpha value is -2.85. The van der Waals surface area contributed by atoms with Crippen LogP contribution in [-0.4, -0.2) is 56.3 Å². The first-order valence-electron chi connectivity index (χ1n) is 10.0. The summed E-state index contributed by atoms with van der Waals surface area (Å²) in [4.78, 5) is 27.9. The van der Waals surface area contributed by atoms with Gasteiger partial charge in [-0.3, -0.25) is 19.3 Å². The third kappa shape index (κ3) is 4.31. The van der Waals surface area contributed by atoms with E-state index in [1.165, 1.54) is 17.0 Å². The molecule has 0 radical (unpaired) electrons. The molecule has 4 rings (SSSR count). The molecule has 1 aliphatic rings. The summed E-state index contributed by atoms with van der Waals surface area (Å²) in [6.45, 7) is 1.60. The number of halogens is 3. The van der Waals surface area contributed by atoms with Crippen LogP contribution in [0.3, 0.4) is 0 Å². The highest BCUT2D eigenvalue weighted by Gasteiger charge is 2.32.